The zero-order valence-electron chi connectivity index (χ0n) is 20.8. The molecule has 4 aromatic carbocycles. The molecule has 0 aliphatic carbocycles. The van der Waals surface area contributed by atoms with Crippen molar-refractivity contribution >= 4 is 28.9 Å². The average molecular weight is 519 g/mol. The number of non-ortho nitro benzene ring substituents is 1. The van der Waals surface area contributed by atoms with Crippen molar-refractivity contribution in [2.45, 2.75) is 12.1 Å². The highest BCUT2D eigenvalue weighted by Gasteiger charge is 2.60. The highest BCUT2D eigenvalue weighted by molar-refractivity contribution is 6.21. The Kier molecular flexibility index (Phi) is 5.97. The molecule has 0 radical (unpaired) electrons. The third-order valence-corrected chi connectivity index (χ3v) is 6.90. The Balaban J connectivity index is 1.47. The van der Waals surface area contributed by atoms with Gasteiger partial charge in [-0.3, -0.25) is 24.7 Å². The molecule has 3 atom stereocenters. The van der Waals surface area contributed by atoms with E-state index in [9.17, 15) is 19.7 Å². The van der Waals surface area contributed by atoms with Gasteiger partial charge in [-0.1, -0.05) is 54.6 Å². The zero-order valence-corrected chi connectivity index (χ0v) is 20.8. The van der Waals surface area contributed by atoms with Crippen LogP contribution in [0.1, 0.15) is 37.9 Å². The van der Waals surface area contributed by atoms with Crippen molar-refractivity contribution in [3.63, 3.8) is 0 Å². The van der Waals surface area contributed by atoms with Crippen LogP contribution in [-0.2, 0) is 0 Å². The van der Waals surface area contributed by atoms with Crippen LogP contribution >= 0.6 is 0 Å². The SMILES string of the molecule is COc1ccc([C@H]2[C@H](C(=Nc3ccc([N+](=O)[O-])cc3)c3ccccc3)N2N2C(=O)c3ccccc3C2=O)cc1. The Hall–Kier alpha value is -5.15. The lowest BCUT2D eigenvalue weighted by molar-refractivity contribution is -0.384. The number of hydrogen-bond donors (Lipinski definition) is 0. The molecule has 2 amide bonds. The van der Waals surface area contributed by atoms with E-state index < -0.39 is 11.0 Å². The van der Waals surface area contributed by atoms with Crippen LogP contribution in [0.5, 0.6) is 5.75 Å². The number of nitrogens with zero attached hydrogens (tertiary/aromatic N) is 4. The van der Waals surface area contributed by atoms with Crippen molar-refractivity contribution < 1.29 is 19.2 Å². The molecule has 0 spiro atoms. The number of hydrazine groups is 1. The molecular weight excluding hydrogens is 496 g/mol. The summed E-state index contributed by atoms with van der Waals surface area (Å²) in [6, 6.07) is 28.9. The fourth-order valence-electron chi connectivity index (χ4n) is 4.96. The van der Waals surface area contributed by atoms with Crippen molar-refractivity contribution in [3.8, 4) is 5.75 Å². The molecule has 0 aromatic heterocycles. The summed E-state index contributed by atoms with van der Waals surface area (Å²) >= 11 is 0. The number of methoxy groups -OCH3 is 1. The lowest BCUT2D eigenvalue weighted by atomic mass is 10.0. The van der Waals surface area contributed by atoms with E-state index in [1.807, 2.05) is 54.6 Å². The van der Waals surface area contributed by atoms with E-state index in [0.29, 0.717) is 28.3 Å². The Morgan fingerprint density at radius 2 is 1.41 bits per heavy atom. The summed E-state index contributed by atoms with van der Waals surface area (Å²) in [6.45, 7) is 0. The standard InChI is InChI=1S/C30H22N4O5/c1-39-23-17-11-20(12-18-23)27-28(32(27)33-29(35)24-9-5-6-10-25(24)30(33)36)26(19-7-3-2-4-8-19)31-21-13-15-22(16-14-21)34(37)38/h2-18,27-28H,1H3/t27-,28-,32?/m0/s1. The quantitative estimate of drug-likeness (QED) is 0.107. The number of carbonyl (C=O) groups is 2. The molecule has 0 saturated carbocycles. The number of amides is 2. The smallest absolute Gasteiger partial charge is 0.276 e. The Morgan fingerprint density at radius 1 is 0.821 bits per heavy atom. The Bertz CT molecular complexity index is 1580. The molecule has 4 aromatic rings. The minimum atomic E-state index is -0.462. The fourth-order valence-corrected chi connectivity index (χ4v) is 4.96. The van der Waals surface area contributed by atoms with Gasteiger partial charge in [0.1, 0.15) is 5.75 Å². The molecule has 192 valence electrons. The second kappa shape index (κ2) is 9.62. The molecule has 2 heterocycles. The highest BCUT2D eigenvalue weighted by Crippen LogP contribution is 2.49. The normalized spacial score (nSPS) is 20.1. The molecule has 39 heavy (non-hydrogen) atoms. The fraction of sp³-hybridized carbons (Fsp3) is 0.100. The third kappa shape index (κ3) is 4.24. The predicted octanol–water partition coefficient (Wildman–Crippen LogP) is 5.36. The number of nitro groups is 1. The molecule has 9 heteroatoms. The maximum atomic E-state index is 13.5. The highest BCUT2D eigenvalue weighted by atomic mass is 16.6. The number of rotatable bonds is 7. The monoisotopic (exact) mass is 518 g/mol. The van der Waals surface area contributed by atoms with Gasteiger partial charge >= 0.3 is 0 Å². The molecular formula is C30H22N4O5. The molecule has 1 unspecified atom stereocenters. The van der Waals surface area contributed by atoms with E-state index in [2.05, 4.69) is 0 Å². The van der Waals surface area contributed by atoms with Gasteiger partial charge in [0.05, 0.1) is 46.6 Å². The number of imide groups is 1. The Morgan fingerprint density at radius 3 is 1.97 bits per heavy atom. The summed E-state index contributed by atoms with van der Waals surface area (Å²) in [5, 5.41) is 14.1. The van der Waals surface area contributed by atoms with E-state index in [0.717, 1.165) is 11.1 Å². The molecule has 2 aliphatic heterocycles. The molecule has 2 aliphatic rings. The maximum Gasteiger partial charge on any atom is 0.276 e. The van der Waals surface area contributed by atoms with Crippen molar-refractivity contribution in [2.24, 2.45) is 4.99 Å². The number of ether oxygens (including phenoxy) is 1. The number of aliphatic imine (C=N–C) groups is 1. The van der Waals surface area contributed by atoms with Gasteiger partial charge in [0, 0.05) is 12.1 Å². The van der Waals surface area contributed by atoms with Crippen LogP contribution in [-0.4, -0.2) is 45.6 Å². The van der Waals surface area contributed by atoms with Crippen molar-refractivity contribution in [3.05, 3.63) is 135 Å². The van der Waals surface area contributed by atoms with Crippen LogP contribution in [0.15, 0.2) is 108 Å². The first kappa shape index (κ1) is 24.2. The maximum absolute atomic E-state index is 13.5. The first-order valence-electron chi connectivity index (χ1n) is 12.3. The summed E-state index contributed by atoms with van der Waals surface area (Å²) < 4.78 is 5.32. The predicted molar refractivity (Wildman–Crippen MR) is 144 cm³/mol. The van der Waals surface area contributed by atoms with Gasteiger partial charge in [-0.15, -0.1) is 0 Å². The molecule has 0 N–H and O–H groups in total. The van der Waals surface area contributed by atoms with E-state index >= 15 is 0 Å². The zero-order chi connectivity index (χ0) is 27.1. The number of nitro benzene ring substituents is 1. The van der Waals surface area contributed by atoms with E-state index in [-0.39, 0.29) is 23.5 Å². The van der Waals surface area contributed by atoms with Gasteiger partial charge in [-0.2, -0.15) is 5.01 Å². The third-order valence-electron chi connectivity index (χ3n) is 6.90. The molecule has 1 saturated heterocycles. The minimum absolute atomic E-state index is 0.0367. The van der Waals surface area contributed by atoms with Gasteiger partial charge in [-0.05, 0) is 47.5 Å². The van der Waals surface area contributed by atoms with E-state index in [1.165, 1.54) is 17.1 Å². The molecule has 1 fully saturated rings. The number of fused-ring (bicyclic) bond motifs is 1. The number of carbonyl (C=O) groups excluding carboxylic acids is 2. The first-order valence-corrected chi connectivity index (χ1v) is 12.3. The van der Waals surface area contributed by atoms with Gasteiger partial charge in [0.15, 0.2) is 0 Å². The summed E-state index contributed by atoms with van der Waals surface area (Å²) in [5.74, 6) is -0.0928. The second-order valence-electron chi connectivity index (χ2n) is 9.15. The van der Waals surface area contributed by atoms with Crippen molar-refractivity contribution in [1.29, 1.82) is 0 Å². The van der Waals surface area contributed by atoms with Crippen LogP contribution in [0.3, 0.4) is 0 Å². The summed E-state index contributed by atoms with van der Waals surface area (Å²) in [6.07, 6.45) is 0. The largest absolute Gasteiger partial charge is 0.497 e. The van der Waals surface area contributed by atoms with Gasteiger partial charge in [0.2, 0.25) is 0 Å². The van der Waals surface area contributed by atoms with E-state index in [1.54, 1.807) is 48.5 Å². The van der Waals surface area contributed by atoms with Gasteiger partial charge < -0.3 is 4.74 Å². The minimum Gasteiger partial charge on any atom is -0.497 e. The van der Waals surface area contributed by atoms with Crippen LogP contribution in [0.4, 0.5) is 11.4 Å². The summed E-state index contributed by atoms with van der Waals surface area (Å²) in [5.41, 5.74) is 3.50. The second-order valence-corrected chi connectivity index (χ2v) is 9.15. The molecule has 6 rings (SSSR count). The topological polar surface area (TPSA) is 105 Å². The summed E-state index contributed by atoms with van der Waals surface area (Å²) in [4.78, 5) is 42.5. The average Bonchev–Trinajstić information content (AvgIpc) is 3.64. The molecule has 0 bridgehead atoms. The molecule has 9 nitrogen and oxygen atoms in total. The van der Waals surface area contributed by atoms with Crippen molar-refractivity contribution in [2.75, 3.05) is 7.11 Å². The first-order chi connectivity index (χ1) is 19.0. The Labute approximate surface area is 223 Å². The van der Waals surface area contributed by atoms with Gasteiger partial charge in [-0.25, -0.2) is 5.01 Å². The van der Waals surface area contributed by atoms with Crippen LogP contribution in [0.2, 0.25) is 0 Å². The lowest BCUT2D eigenvalue weighted by Gasteiger charge is -2.17. The lowest BCUT2D eigenvalue weighted by Crippen LogP contribution is -2.37. The van der Waals surface area contributed by atoms with Crippen LogP contribution in [0, 0.1) is 10.1 Å². The van der Waals surface area contributed by atoms with Crippen molar-refractivity contribution in [1.82, 2.24) is 10.0 Å². The number of hydrogen-bond acceptors (Lipinski definition) is 7. The van der Waals surface area contributed by atoms with Gasteiger partial charge in [0.25, 0.3) is 17.5 Å². The summed E-state index contributed by atoms with van der Waals surface area (Å²) in [7, 11) is 1.59. The van der Waals surface area contributed by atoms with Crippen LogP contribution in [0.25, 0.3) is 0 Å². The number of benzene rings is 4. The van der Waals surface area contributed by atoms with Crippen LogP contribution < -0.4 is 4.74 Å². The van der Waals surface area contributed by atoms with E-state index in [4.69, 9.17) is 9.73 Å².